The smallest absolute Gasteiger partial charge is 0.370 e. The fraction of sp³-hybridized carbons (Fsp3) is 0.250. The van der Waals surface area contributed by atoms with Crippen LogP contribution >= 0.6 is 15.9 Å². The van der Waals surface area contributed by atoms with Crippen molar-refractivity contribution >= 4 is 21.9 Å². The number of nitrogens with zero attached hydrogens (tertiary/aromatic N) is 1. The Morgan fingerprint density at radius 1 is 1.47 bits per heavy atom. The van der Waals surface area contributed by atoms with Crippen LogP contribution in [0.1, 0.15) is 11.1 Å². The van der Waals surface area contributed by atoms with Gasteiger partial charge in [0.05, 0.1) is 12.1 Å². The van der Waals surface area contributed by atoms with Crippen LogP contribution in [0.25, 0.3) is 0 Å². The van der Waals surface area contributed by atoms with Gasteiger partial charge in [-0.05, 0) is 17.7 Å². The number of benzene rings is 1. The minimum atomic E-state index is -4.42. The van der Waals surface area contributed by atoms with E-state index in [1.807, 2.05) is 0 Å². The van der Waals surface area contributed by atoms with Crippen LogP contribution < -0.4 is 11.1 Å². The molecule has 0 radical (unpaired) electrons. The highest BCUT2D eigenvalue weighted by atomic mass is 79.9. The summed E-state index contributed by atoms with van der Waals surface area (Å²) < 4.78 is 38.8. The van der Waals surface area contributed by atoms with Gasteiger partial charge in [0.25, 0.3) is 0 Å². The fourth-order valence-electron chi connectivity index (χ4n) is 1.35. The third-order valence-corrected chi connectivity index (χ3v) is 2.72. The van der Waals surface area contributed by atoms with E-state index in [1.54, 1.807) is 6.08 Å². The molecule has 0 saturated heterocycles. The maximum Gasteiger partial charge on any atom is 0.416 e. The molecule has 0 atom stereocenters. The van der Waals surface area contributed by atoms with Gasteiger partial charge in [-0.3, -0.25) is 0 Å². The molecule has 0 aliphatic carbocycles. The number of alkyl halides is 3. The molecule has 1 aromatic carbocycles. The minimum absolute atomic E-state index is 0.0686. The van der Waals surface area contributed by atoms with Crippen molar-refractivity contribution in [1.82, 2.24) is 5.32 Å². The van der Waals surface area contributed by atoms with E-state index in [0.717, 1.165) is 6.07 Å². The summed E-state index contributed by atoms with van der Waals surface area (Å²) in [4.78, 5) is 3.86. The molecule has 0 heterocycles. The number of hydrogen-bond acceptors (Lipinski definition) is 1. The van der Waals surface area contributed by atoms with Crippen LogP contribution in [-0.2, 0) is 12.7 Å². The monoisotopic (exact) mass is 335 g/mol. The highest BCUT2D eigenvalue weighted by Crippen LogP contribution is 2.34. The molecule has 104 valence electrons. The van der Waals surface area contributed by atoms with Crippen LogP contribution in [0.4, 0.5) is 13.2 Å². The molecular weight excluding hydrogens is 323 g/mol. The van der Waals surface area contributed by atoms with Gasteiger partial charge in [0.1, 0.15) is 0 Å². The highest BCUT2D eigenvalue weighted by Gasteiger charge is 2.33. The Hall–Kier alpha value is -1.50. The number of nitrogens with one attached hydrogen (secondary N) is 1. The van der Waals surface area contributed by atoms with Crippen molar-refractivity contribution in [1.29, 1.82) is 0 Å². The van der Waals surface area contributed by atoms with E-state index in [-0.39, 0.29) is 18.1 Å². The SMILES string of the molecule is C=CCNC(N)=NCc1ccc(Br)cc1C(F)(F)F. The lowest BCUT2D eigenvalue weighted by Crippen LogP contribution is -2.31. The molecule has 0 fully saturated rings. The summed E-state index contributed by atoms with van der Waals surface area (Å²) in [6, 6.07) is 3.93. The first-order valence-electron chi connectivity index (χ1n) is 5.35. The topological polar surface area (TPSA) is 50.4 Å². The van der Waals surface area contributed by atoms with Crippen molar-refractivity contribution in [2.24, 2.45) is 10.7 Å². The second-order valence-corrected chi connectivity index (χ2v) is 4.59. The molecule has 0 unspecified atom stereocenters. The van der Waals surface area contributed by atoms with Crippen molar-refractivity contribution in [3.63, 3.8) is 0 Å². The number of nitrogens with two attached hydrogens (primary N) is 1. The van der Waals surface area contributed by atoms with Crippen molar-refractivity contribution in [2.45, 2.75) is 12.7 Å². The Kier molecular flexibility index (Phi) is 5.41. The molecule has 1 rings (SSSR count). The van der Waals surface area contributed by atoms with Gasteiger partial charge in [0.2, 0.25) is 0 Å². The second-order valence-electron chi connectivity index (χ2n) is 3.67. The molecule has 0 aromatic heterocycles. The van der Waals surface area contributed by atoms with E-state index < -0.39 is 11.7 Å². The third-order valence-electron chi connectivity index (χ3n) is 2.22. The van der Waals surface area contributed by atoms with Gasteiger partial charge in [0.15, 0.2) is 5.96 Å². The van der Waals surface area contributed by atoms with E-state index in [2.05, 4.69) is 32.8 Å². The number of guanidine groups is 1. The summed E-state index contributed by atoms with van der Waals surface area (Å²) in [6.45, 7) is 3.74. The summed E-state index contributed by atoms with van der Waals surface area (Å²) in [7, 11) is 0. The molecule has 7 heteroatoms. The molecule has 0 aliphatic heterocycles. The lowest BCUT2D eigenvalue weighted by molar-refractivity contribution is -0.138. The molecule has 3 nitrogen and oxygen atoms in total. The molecule has 0 spiro atoms. The Labute approximate surface area is 117 Å². The van der Waals surface area contributed by atoms with Gasteiger partial charge in [-0.2, -0.15) is 13.2 Å². The fourth-order valence-corrected chi connectivity index (χ4v) is 1.71. The maximum absolute atomic E-state index is 12.8. The van der Waals surface area contributed by atoms with E-state index in [4.69, 9.17) is 5.73 Å². The highest BCUT2D eigenvalue weighted by molar-refractivity contribution is 9.10. The summed E-state index contributed by atoms with van der Waals surface area (Å²) in [6.07, 6.45) is -2.85. The summed E-state index contributed by atoms with van der Waals surface area (Å²) >= 11 is 3.02. The molecule has 3 N–H and O–H groups in total. The number of halogens is 4. The zero-order valence-corrected chi connectivity index (χ0v) is 11.6. The van der Waals surface area contributed by atoms with Gasteiger partial charge in [-0.25, -0.2) is 4.99 Å². The molecule has 0 amide bonds. The van der Waals surface area contributed by atoms with E-state index in [9.17, 15) is 13.2 Å². The largest absolute Gasteiger partial charge is 0.416 e. The second kappa shape index (κ2) is 6.60. The average Bonchev–Trinajstić information content (AvgIpc) is 2.33. The Bertz CT molecular complexity index is 484. The molecule has 0 bridgehead atoms. The van der Waals surface area contributed by atoms with Crippen LogP contribution in [0.2, 0.25) is 0 Å². The van der Waals surface area contributed by atoms with Crippen LogP contribution in [0.15, 0.2) is 40.3 Å². The lowest BCUT2D eigenvalue weighted by atomic mass is 10.1. The van der Waals surface area contributed by atoms with Crippen LogP contribution in [-0.4, -0.2) is 12.5 Å². The van der Waals surface area contributed by atoms with E-state index in [1.165, 1.54) is 12.1 Å². The van der Waals surface area contributed by atoms with Gasteiger partial charge >= 0.3 is 6.18 Å². The van der Waals surface area contributed by atoms with Gasteiger partial charge in [-0.1, -0.05) is 28.1 Å². The predicted molar refractivity (Wildman–Crippen MR) is 72.7 cm³/mol. The number of rotatable bonds is 4. The minimum Gasteiger partial charge on any atom is -0.370 e. The van der Waals surface area contributed by atoms with Crippen molar-refractivity contribution in [3.05, 3.63) is 46.5 Å². The Morgan fingerprint density at radius 2 is 2.16 bits per heavy atom. The van der Waals surface area contributed by atoms with Crippen molar-refractivity contribution in [3.8, 4) is 0 Å². The van der Waals surface area contributed by atoms with Gasteiger partial charge in [-0.15, -0.1) is 6.58 Å². The molecule has 0 aliphatic rings. The molecule has 0 saturated carbocycles. The van der Waals surface area contributed by atoms with Crippen LogP contribution in [0, 0.1) is 0 Å². The first-order valence-corrected chi connectivity index (χ1v) is 6.14. The quantitative estimate of drug-likeness (QED) is 0.504. The van der Waals surface area contributed by atoms with Gasteiger partial charge in [0, 0.05) is 11.0 Å². The standard InChI is InChI=1S/C12H13BrF3N3/c1-2-5-18-11(17)19-7-8-3-4-9(13)6-10(8)12(14,15)16/h2-4,6H,1,5,7H2,(H3,17,18,19). The van der Waals surface area contributed by atoms with Crippen molar-refractivity contribution in [2.75, 3.05) is 6.54 Å². The third kappa shape index (κ3) is 4.94. The first-order chi connectivity index (χ1) is 8.84. The van der Waals surface area contributed by atoms with Crippen LogP contribution in [0.3, 0.4) is 0 Å². The molecule has 19 heavy (non-hydrogen) atoms. The molecule has 1 aromatic rings. The van der Waals surface area contributed by atoms with Crippen molar-refractivity contribution < 1.29 is 13.2 Å². The number of hydrogen-bond donors (Lipinski definition) is 2. The van der Waals surface area contributed by atoms with E-state index in [0.29, 0.717) is 11.0 Å². The Morgan fingerprint density at radius 3 is 2.74 bits per heavy atom. The predicted octanol–water partition coefficient (Wildman–Crippen LogP) is 3.06. The average molecular weight is 336 g/mol. The van der Waals surface area contributed by atoms with E-state index >= 15 is 0 Å². The summed E-state index contributed by atoms with van der Waals surface area (Å²) in [5.41, 5.74) is 4.85. The van der Waals surface area contributed by atoms with Gasteiger partial charge < -0.3 is 11.1 Å². The first kappa shape index (κ1) is 15.6. The summed E-state index contributed by atoms with van der Waals surface area (Å²) in [5.74, 6) is 0.0796. The Balaban J connectivity index is 2.92. The molecular formula is C12H13BrF3N3. The number of aliphatic imine (C=N–C) groups is 1. The zero-order valence-electron chi connectivity index (χ0n) is 9.97. The normalized spacial score (nSPS) is 12.3. The zero-order chi connectivity index (χ0) is 14.5. The summed E-state index contributed by atoms with van der Waals surface area (Å²) in [5, 5.41) is 2.69. The lowest BCUT2D eigenvalue weighted by Gasteiger charge is -2.12. The maximum atomic E-state index is 12.8. The van der Waals surface area contributed by atoms with Crippen LogP contribution in [0.5, 0.6) is 0 Å².